The first-order chi connectivity index (χ1) is 10.6. The molecule has 110 valence electrons. The number of hydrogen-bond acceptors (Lipinski definition) is 3. The second-order valence-corrected chi connectivity index (χ2v) is 5.39. The third kappa shape index (κ3) is 2.96. The highest BCUT2D eigenvalue weighted by Crippen LogP contribution is 2.17. The topological polar surface area (TPSA) is 46.1 Å². The average molecular weight is 291 g/mol. The Balaban J connectivity index is 1.78. The highest BCUT2D eigenvalue weighted by atomic mass is 16.2. The van der Waals surface area contributed by atoms with Crippen LogP contribution in [-0.4, -0.2) is 27.8 Å². The molecule has 3 rings (SSSR count). The fourth-order valence-electron chi connectivity index (χ4n) is 2.38. The summed E-state index contributed by atoms with van der Waals surface area (Å²) < 4.78 is 0. The van der Waals surface area contributed by atoms with Crippen LogP contribution in [0.1, 0.15) is 21.7 Å². The molecule has 1 heterocycles. The van der Waals surface area contributed by atoms with Crippen LogP contribution in [0.25, 0.3) is 10.8 Å². The number of carbonyl (C=O) groups excluding carboxylic acids is 1. The molecule has 0 bridgehead atoms. The van der Waals surface area contributed by atoms with Gasteiger partial charge in [-0.25, -0.2) is 4.98 Å². The van der Waals surface area contributed by atoms with Crippen LogP contribution in [0.15, 0.2) is 54.9 Å². The standard InChI is InChI=1S/C18H17N3O/c1-13-10-20-17(11-19-13)18(22)21(2)12-14-7-8-15-5-3-4-6-16(15)9-14/h3-11H,12H2,1-2H3. The third-order valence-electron chi connectivity index (χ3n) is 3.58. The van der Waals surface area contributed by atoms with E-state index in [-0.39, 0.29) is 5.91 Å². The molecule has 0 aliphatic carbocycles. The molecule has 4 nitrogen and oxygen atoms in total. The van der Waals surface area contributed by atoms with Gasteiger partial charge < -0.3 is 4.90 Å². The molecule has 0 radical (unpaired) electrons. The molecule has 0 spiro atoms. The minimum Gasteiger partial charge on any atom is -0.336 e. The van der Waals surface area contributed by atoms with Crippen LogP contribution >= 0.6 is 0 Å². The normalized spacial score (nSPS) is 10.6. The van der Waals surface area contributed by atoms with E-state index in [0.717, 1.165) is 11.3 Å². The Morgan fingerprint density at radius 2 is 1.82 bits per heavy atom. The maximum absolute atomic E-state index is 12.3. The van der Waals surface area contributed by atoms with Gasteiger partial charge in [0.15, 0.2) is 0 Å². The van der Waals surface area contributed by atoms with Gasteiger partial charge in [0.1, 0.15) is 5.69 Å². The van der Waals surface area contributed by atoms with Gasteiger partial charge in [-0.15, -0.1) is 0 Å². The first-order valence-electron chi connectivity index (χ1n) is 7.15. The number of benzene rings is 2. The van der Waals surface area contributed by atoms with E-state index in [1.54, 1.807) is 18.1 Å². The summed E-state index contributed by atoms with van der Waals surface area (Å²) in [6, 6.07) is 14.4. The highest BCUT2D eigenvalue weighted by Gasteiger charge is 2.13. The Morgan fingerprint density at radius 1 is 1.05 bits per heavy atom. The SMILES string of the molecule is Cc1cnc(C(=O)N(C)Cc2ccc3ccccc3c2)cn1. The predicted octanol–water partition coefficient (Wildman–Crippen LogP) is 3.21. The molecule has 0 unspecified atom stereocenters. The third-order valence-corrected chi connectivity index (χ3v) is 3.58. The molecule has 0 aliphatic rings. The number of aryl methyl sites for hydroxylation is 1. The molecule has 0 saturated heterocycles. The van der Waals surface area contributed by atoms with Gasteiger partial charge in [-0.05, 0) is 29.3 Å². The van der Waals surface area contributed by atoms with Gasteiger partial charge in [-0.3, -0.25) is 9.78 Å². The first-order valence-corrected chi connectivity index (χ1v) is 7.15. The molecular formula is C18H17N3O. The van der Waals surface area contributed by atoms with E-state index in [4.69, 9.17) is 0 Å². The van der Waals surface area contributed by atoms with Crippen LogP contribution < -0.4 is 0 Å². The Kier molecular flexibility index (Phi) is 3.83. The van der Waals surface area contributed by atoms with Gasteiger partial charge in [0, 0.05) is 19.8 Å². The summed E-state index contributed by atoms with van der Waals surface area (Å²) in [7, 11) is 1.78. The molecule has 1 aromatic heterocycles. The molecule has 3 aromatic rings. The molecule has 0 fully saturated rings. The number of amides is 1. The number of fused-ring (bicyclic) bond motifs is 1. The Labute approximate surface area is 129 Å². The zero-order valence-electron chi connectivity index (χ0n) is 12.7. The van der Waals surface area contributed by atoms with Crippen LogP contribution in [0.5, 0.6) is 0 Å². The minimum absolute atomic E-state index is 0.124. The molecule has 4 heteroatoms. The van der Waals surface area contributed by atoms with E-state index in [9.17, 15) is 4.79 Å². The van der Waals surface area contributed by atoms with Crippen molar-refractivity contribution in [3.05, 3.63) is 71.8 Å². The molecule has 0 N–H and O–H groups in total. The first kappa shape index (κ1) is 14.2. The zero-order valence-corrected chi connectivity index (χ0v) is 12.7. The van der Waals surface area contributed by atoms with E-state index in [1.807, 2.05) is 25.1 Å². The molecule has 0 saturated carbocycles. The average Bonchev–Trinajstić information content (AvgIpc) is 2.55. The Morgan fingerprint density at radius 3 is 2.55 bits per heavy atom. The Hall–Kier alpha value is -2.75. The van der Waals surface area contributed by atoms with Crippen molar-refractivity contribution in [2.24, 2.45) is 0 Å². The van der Waals surface area contributed by atoms with Crippen LogP contribution in [0.3, 0.4) is 0 Å². The predicted molar refractivity (Wildman–Crippen MR) is 86.5 cm³/mol. The summed E-state index contributed by atoms with van der Waals surface area (Å²) in [4.78, 5) is 22.3. The molecule has 22 heavy (non-hydrogen) atoms. The lowest BCUT2D eigenvalue weighted by molar-refractivity contribution is 0.0779. The van der Waals surface area contributed by atoms with E-state index in [2.05, 4.69) is 34.2 Å². The van der Waals surface area contributed by atoms with Gasteiger partial charge in [-0.2, -0.15) is 0 Å². The Bertz CT molecular complexity index is 812. The van der Waals surface area contributed by atoms with Crippen molar-refractivity contribution < 1.29 is 4.79 Å². The summed E-state index contributed by atoms with van der Waals surface area (Å²) in [5.41, 5.74) is 2.26. The van der Waals surface area contributed by atoms with Crippen molar-refractivity contribution in [2.45, 2.75) is 13.5 Å². The lowest BCUT2D eigenvalue weighted by Gasteiger charge is -2.17. The largest absolute Gasteiger partial charge is 0.336 e. The second kappa shape index (κ2) is 5.93. The zero-order chi connectivity index (χ0) is 15.5. The molecule has 2 aromatic carbocycles. The van der Waals surface area contributed by atoms with Crippen LogP contribution in [0, 0.1) is 6.92 Å². The fourth-order valence-corrected chi connectivity index (χ4v) is 2.38. The van der Waals surface area contributed by atoms with Crippen molar-refractivity contribution >= 4 is 16.7 Å². The summed E-state index contributed by atoms with van der Waals surface area (Å²) in [5.74, 6) is -0.124. The smallest absolute Gasteiger partial charge is 0.274 e. The van der Waals surface area contributed by atoms with Gasteiger partial charge in [-0.1, -0.05) is 36.4 Å². The van der Waals surface area contributed by atoms with Crippen LogP contribution in [-0.2, 0) is 6.54 Å². The van der Waals surface area contributed by atoms with Crippen molar-refractivity contribution in [3.63, 3.8) is 0 Å². The van der Waals surface area contributed by atoms with Gasteiger partial charge >= 0.3 is 0 Å². The number of hydrogen-bond donors (Lipinski definition) is 0. The van der Waals surface area contributed by atoms with Crippen molar-refractivity contribution in [1.29, 1.82) is 0 Å². The minimum atomic E-state index is -0.124. The molecule has 1 amide bonds. The van der Waals surface area contributed by atoms with E-state index < -0.39 is 0 Å². The highest BCUT2D eigenvalue weighted by molar-refractivity contribution is 5.91. The van der Waals surface area contributed by atoms with Crippen LogP contribution in [0.4, 0.5) is 0 Å². The second-order valence-electron chi connectivity index (χ2n) is 5.39. The van der Waals surface area contributed by atoms with Crippen LogP contribution in [0.2, 0.25) is 0 Å². The molecule has 0 aliphatic heterocycles. The van der Waals surface area contributed by atoms with E-state index in [0.29, 0.717) is 12.2 Å². The van der Waals surface area contributed by atoms with Crippen molar-refractivity contribution in [1.82, 2.24) is 14.9 Å². The van der Waals surface area contributed by atoms with E-state index >= 15 is 0 Å². The maximum atomic E-state index is 12.3. The maximum Gasteiger partial charge on any atom is 0.274 e. The summed E-state index contributed by atoms with van der Waals surface area (Å²) in [6.07, 6.45) is 3.13. The number of nitrogens with zero attached hydrogens (tertiary/aromatic N) is 3. The van der Waals surface area contributed by atoms with Crippen molar-refractivity contribution in [3.8, 4) is 0 Å². The molecule has 0 atom stereocenters. The number of rotatable bonds is 3. The summed E-state index contributed by atoms with van der Waals surface area (Å²) in [5, 5.41) is 2.38. The van der Waals surface area contributed by atoms with E-state index in [1.165, 1.54) is 17.0 Å². The molecular weight excluding hydrogens is 274 g/mol. The van der Waals surface area contributed by atoms with Gasteiger partial charge in [0.25, 0.3) is 5.91 Å². The summed E-state index contributed by atoms with van der Waals surface area (Å²) >= 11 is 0. The number of aromatic nitrogens is 2. The number of carbonyl (C=O) groups is 1. The van der Waals surface area contributed by atoms with Gasteiger partial charge in [0.2, 0.25) is 0 Å². The van der Waals surface area contributed by atoms with Gasteiger partial charge in [0.05, 0.1) is 11.9 Å². The fraction of sp³-hybridized carbons (Fsp3) is 0.167. The monoisotopic (exact) mass is 291 g/mol. The van der Waals surface area contributed by atoms with Crippen molar-refractivity contribution in [2.75, 3.05) is 7.05 Å². The summed E-state index contributed by atoms with van der Waals surface area (Å²) in [6.45, 7) is 2.39. The lowest BCUT2D eigenvalue weighted by atomic mass is 10.1. The lowest BCUT2D eigenvalue weighted by Crippen LogP contribution is -2.27. The quantitative estimate of drug-likeness (QED) is 0.744.